The highest BCUT2D eigenvalue weighted by molar-refractivity contribution is 7.29. The van der Waals surface area contributed by atoms with E-state index in [2.05, 4.69) is 39.0 Å². The Bertz CT molecular complexity index is 1610. The third-order valence-corrected chi connectivity index (χ3v) is 9.10. The Labute approximate surface area is 234 Å². The third kappa shape index (κ3) is 4.63. The molecule has 204 valence electrons. The average Bonchev–Trinajstić information content (AvgIpc) is 3.25. The molecule has 3 aromatic heterocycles. The fraction of sp³-hybridized carbons (Fsp3) is 0.448. The number of aromatic nitrogens is 3. The third-order valence-electron chi connectivity index (χ3n) is 7.51. The predicted molar refractivity (Wildman–Crippen MR) is 161 cm³/mol. The molecule has 0 radical (unpaired) electrons. The van der Waals surface area contributed by atoms with Gasteiger partial charge in [0.1, 0.15) is 11.1 Å². The summed E-state index contributed by atoms with van der Waals surface area (Å²) in [5.74, 6) is 0.253. The van der Waals surface area contributed by atoms with Crippen LogP contribution in [-0.4, -0.2) is 28.0 Å². The molecule has 1 atom stereocenters. The molecule has 1 unspecified atom stereocenters. The van der Waals surface area contributed by atoms with Crippen molar-refractivity contribution in [3.63, 3.8) is 0 Å². The Morgan fingerprint density at radius 3 is 2.56 bits per heavy atom. The van der Waals surface area contributed by atoms with E-state index < -0.39 is 5.82 Å². The molecule has 2 aliphatic heterocycles. The number of anilines is 2. The molecular weight excluding hydrogens is 530 g/mol. The number of nitrogens with two attached hydrogens (primary N) is 1. The summed E-state index contributed by atoms with van der Waals surface area (Å²) in [6.07, 6.45) is 8.13. The number of hydrogen-bond acceptors (Lipinski definition) is 8. The highest BCUT2D eigenvalue weighted by atomic mass is 32.1. The van der Waals surface area contributed by atoms with Crippen molar-refractivity contribution in [1.29, 1.82) is 5.26 Å². The lowest BCUT2D eigenvalue weighted by Gasteiger charge is -2.19. The molecule has 2 fully saturated rings. The Morgan fingerprint density at radius 1 is 1.18 bits per heavy atom. The normalized spacial score (nSPS) is 16.5. The molecule has 39 heavy (non-hydrogen) atoms. The summed E-state index contributed by atoms with van der Waals surface area (Å²) < 4.78 is 20.8. The van der Waals surface area contributed by atoms with Crippen LogP contribution < -0.4 is 15.9 Å². The molecule has 0 bridgehead atoms. The van der Waals surface area contributed by atoms with Gasteiger partial charge in [0.2, 0.25) is 5.95 Å². The van der Waals surface area contributed by atoms with Crippen molar-refractivity contribution in [3.05, 3.63) is 34.9 Å². The highest BCUT2D eigenvalue weighted by Crippen LogP contribution is 2.53. The van der Waals surface area contributed by atoms with Crippen LogP contribution in [0.25, 0.3) is 32.2 Å². The number of nitrogen functional groups attached to an aromatic ring is 1. The van der Waals surface area contributed by atoms with E-state index in [1.54, 1.807) is 0 Å². The monoisotopic (exact) mass is 564 g/mol. The standard InChI is InChI=1S/C24H20FN6OPS.C3H8.C2H6/c25-15-7-28-19(17-11(5-26)22(27)34-21(15)17)16-14-9-32-8-13(14)12-6-29-23(30-18(12)20(16)33)31-4-3-24(10-31)1-2-24;1-3-2;1-2/h6-7H,1-4,8-10,27,33H2;3H2,1-2H3;1-2H3. The quantitative estimate of drug-likeness (QED) is 0.279. The first-order valence-electron chi connectivity index (χ1n) is 13.6. The second kappa shape index (κ2) is 10.9. The maximum atomic E-state index is 14.7. The van der Waals surface area contributed by atoms with Crippen molar-refractivity contribution in [3.8, 4) is 17.3 Å². The summed E-state index contributed by atoms with van der Waals surface area (Å²) in [6.45, 7) is 11.1. The second-order valence-corrected chi connectivity index (χ2v) is 11.8. The molecule has 1 spiro atoms. The van der Waals surface area contributed by atoms with E-state index in [9.17, 15) is 9.65 Å². The number of fused-ring (bicyclic) bond motifs is 4. The van der Waals surface area contributed by atoms with Crippen LogP contribution in [0.2, 0.25) is 0 Å². The minimum atomic E-state index is -0.483. The highest BCUT2D eigenvalue weighted by Gasteiger charge is 2.48. The maximum absolute atomic E-state index is 14.7. The zero-order chi connectivity index (χ0) is 27.9. The fourth-order valence-corrected chi connectivity index (χ4v) is 6.93. The van der Waals surface area contributed by atoms with Crippen molar-refractivity contribution in [2.45, 2.75) is 66.6 Å². The lowest BCUT2D eigenvalue weighted by Crippen LogP contribution is -2.23. The first kappa shape index (κ1) is 27.6. The molecule has 1 saturated heterocycles. The van der Waals surface area contributed by atoms with Gasteiger partial charge in [-0.1, -0.05) is 34.1 Å². The zero-order valence-corrected chi connectivity index (χ0v) is 24.9. The Hall–Kier alpha value is -2.92. The van der Waals surface area contributed by atoms with Crippen LogP contribution in [0.4, 0.5) is 15.3 Å². The van der Waals surface area contributed by atoms with E-state index in [-0.39, 0.29) is 10.6 Å². The lowest BCUT2D eigenvalue weighted by molar-refractivity contribution is 0.135. The molecular formula is C29H34FN6OPS. The molecule has 3 aliphatic rings. The average molecular weight is 565 g/mol. The molecule has 1 saturated carbocycles. The van der Waals surface area contributed by atoms with Gasteiger partial charge in [-0.3, -0.25) is 4.98 Å². The molecule has 10 heteroatoms. The minimum Gasteiger partial charge on any atom is -0.389 e. The summed E-state index contributed by atoms with van der Waals surface area (Å²) in [5.41, 5.74) is 11.0. The molecule has 0 amide bonds. The number of rotatable bonds is 2. The lowest BCUT2D eigenvalue weighted by atomic mass is 9.94. The number of ether oxygens (including phenoxy) is 1. The zero-order valence-electron chi connectivity index (χ0n) is 22.9. The SMILES string of the molecule is CC.CCC.N#Cc1c(N)sc2c(F)cnc(-c3c4c(c5cnc(N6CCC7(CC7)C6)nc5c3P)COC4)c12. The van der Waals surface area contributed by atoms with E-state index in [1.165, 1.54) is 31.9 Å². The second-order valence-electron chi connectivity index (χ2n) is 10.2. The van der Waals surface area contributed by atoms with Gasteiger partial charge < -0.3 is 15.4 Å². The van der Waals surface area contributed by atoms with E-state index in [0.29, 0.717) is 34.4 Å². The Balaban J connectivity index is 0.000000579. The Kier molecular flexibility index (Phi) is 7.74. The van der Waals surface area contributed by atoms with Crippen molar-refractivity contribution in [2.24, 2.45) is 5.41 Å². The number of benzene rings is 1. The maximum Gasteiger partial charge on any atom is 0.225 e. The van der Waals surface area contributed by atoms with E-state index in [4.69, 9.17) is 20.4 Å². The first-order valence-corrected chi connectivity index (χ1v) is 15.0. The number of halogens is 1. The van der Waals surface area contributed by atoms with E-state index in [1.807, 2.05) is 20.0 Å². The molecule has 2 N–H and O–H groups in total. The van der Waals surface area contributed by atoms with Gasteiger partial charge in [0, 0.05) is 40.9 Å². The van der Waals surface area contributed by atoms with Crippen LogP contribution in [0.1, 0.15) is 70.1 Å². The number of nitriles is 1. The Morgan fingerprint density at radius 2 is 1.90 bits per heavy atom. The van der Waals surface area contributed by atoms with E-state index >= 15 is 0 Å². The van der Waals surface area contributed by atoms with Gasteiger partial charge in [0.25, 0.3) is 0 Å². The largest absolute Gasteiger partial charge is 0.389 e. The van der Waals surface area contributed by atoms with Gasteiger partial charge in [-0.15, -0.1) is 20.6 Å². The molecule has 5 heterocycles. The fourth-order valence-electron chi connectivity index (χ4n) is 5.47. The molecule has 4 aromatic rings. The number of nitrogens with zero attached hydrogens (tertiary/aromatic N) is 5. The van der Waals surface area contributed by atoms with Crippen LogP contribution in [0.5, 0.6) is 0 Å². The summed E-state index contributed by atoms with van der Waals surface area (Å²) in [5, 5.41) is 12.3. The van der Waals surface area contributed by atoms with E-state index in [0.717, 1.165) is 63.3 Å². The number of thiophene rings is 1. The van der Waals surface area contributed by atoms with Gasteiger partial charge in [0.05, 0.1) is 40.9 Å². The number of pyridine rings is 1. The van der Waals surface area contributed by atoms with Gasteiger partial charge >= 0.3 is 0 Å². The first-order chi connectivity index (χ1) is 18.9. The van der Waals surface area contributed by atoms with Crippen LogP contribution >= 0.6 is 20.6 Å². The smallest absolute Gasteiger partial charge is 0.225 e. The molecule has 1 aromatic carbocycles. The van der Waals surface area contributed by atoms with Gasteiger partial charge in [-0.25, -0.2) is 14.4 Å². The topological polar surface area (TPSA) is 101 Å². The summed E-state index contributed by atoms with van der Waals surface area (Å²) in [4.78, 5) is 16.5. The minimum absolute atomic E-state index is 0.259. The summed E-state index contributed by atoms with van der Waals surface area (Å²) >= 11 is 1.08. The molecule has 7 nitrogen and oxygen atoms in total. The van der Waals surface area contributed by atoms with Crippen LogP contribution in [0.3, 0.4) is 0 Å². The van der Waals surface area contributed by atoms with Crippen LogP contribution in [0.15, 0.2) is 12.4 Å². The van der Waals surface area contributed by atoms with Gasteiger partial charge in [0.15, 0.2) is 5.82 Å². The van der Waals surface area contributed by atoms with Crippen molar-refractivity contribution in [1.82, 2.24) is 15.0 Å². The van der Waals surface area contributed by atoms with Crippen molar-refractivity contribution in [2.75, 3.05) is 23.7 Å². The molecule has 7 rings (SSSR count). The summed E-state index contributed by atoms with van der Waals surface area (Å²) in [7, 11) is 2.81. The molecule has 1 aliphatic carbocycles. The van der Waals surface area contributed by atoms with Crippen LogP contribution in [-0.2, 0) is 18.0 Å². The summed E-state index contributed by atoms with van der Waals surface area (Å²) in [6, 6.07) is 2.15. The van der Waals surface area contributed by atoms with Gasteiger partial charge in [-0.2, -0.15) is 5.26 Å². The van der Waals surface area contributed by atoms with Crippen molar-refractivity contribution >= 4 is 57.8 Å². The van der Waals surface area contributed by atoms with Crippen molar-refractivity contribution < 1.29 is 9.13 Å². The predicted octanol–water partition coefficient (Wildman–Crippen LogP) is 6.46. The number of hydrogen-bond donors (Lipinski definition) is 1. The van der Waals surface area contributed by atoms with Gasteiger partial charge in [-0.05, 0) is 35.8 Å². The van der Waals surface area contributed by atoms with Crippen LogP contribution in [0, 0.1) is 22.6 Å².